The number of hydrogen-bond acceptors (Lipinski definition) is 3. The number of carbonyl (C=O) groups is 2. The minimum Gasteiger partial charge on any atom is -0.478 e. The molecule has 1 aromatic rings. The molecular formula is C15H18FNO4. The molecule has 1 fully saturated rings. The molecule has 1 aromatic carbocycles. The fourth-order valence-electron chi connectivity index (χ4n) is 2.40. The van der Waals surface area contributed by atoms with Crippen molar-refractivity contribution in [3.8, 4) is 5.75 Å². The van der Waals surface area contributed by atoms with E-state index in [2.05, 4.69) is 0 Å². The Morgan fingerprint density at radius 3 is 2.57 bits per heavy atom. The first-order chi connectivity index (χ1) is 10.0. The van der Waals surface area contributed by atoms with Crippen LogP contribution in [0.1, 0.15) is 36.5 Å². The number of likely N-dealkylation sites (tertiary alicyclic amines) is 1. The van der Waals surface area contributed by atoms with Crippen LogP contribution in [0.3, 0.4) is 0 Å². The van der Waals surface area contributed by atoms with Crippen molar-refractivity contribution in [3.63, 3.8) is 0 Å². The minimum atomic E-state index is -1.29. The third-order valence-electron chi connectivity index (χ3n) is 3.51. The number of carboxylic acids is 1. The summed E-state index contributed by atoms with van der Waals surface area (Å²) in [5.74, 6) is -2.70. The van der Waals surface area contributed by atoms with E-state index < -0.39 is 17.9 Å². The molecule has 1 aliphatic rings. The standard InChI is InChI=1S/C15H18FNO4/c1-10(14(18)17-8-3-2-4-9-17)21-13-11(15(19)20)6-5-7-12(13)16/h5-7,10H,2-4,8-9H2,1H3,(H,19,20). The lowest BCUT2D eigenvalue weighted by molar-refractivity contribution is -0.138. The van der Waals surface area contributed by atoms with Gasteiger partial charge in [0.2, 0.25) is 0 Å². The molecule has 2 rings (SSSR count). The lowest BCUT2D eigenvalue weighted by Gasteiger charge is -2.29. The highest BCUT2D eigenvalue weighted by molar-refractivity contribution is 5.91. The molecule has 5 nitrogen and oxygen atoms in total. The van der Waals surface area contributed by atoms with Gasteiger partial charge in [0, 0.05) is 13.1 Å². The Bertz CT molecular complexity index is 540. The first kappa shape index (κ1) is 15.3. The Morgan fingerprint density at radius 1 is 1.29 bits per heavy atom. The molecular weight excluding hydrogens is 277 g/mol. The molecule has 0 aromatic heterocycles. The molecule has 0 radical (unpaired) electrons. The topological polar surface area (TPSA) is 66.8 Å². The van der Waals surface area contributed by atoms with Crippen LogP contribution in [-0.2, 0) is 4.79 Å². The SMILES string of the molecule is CC(Oc1c(F)cccc1C(=O)O)C(=O)N1CCCCC1. The van der Waals surface area contributed by atoms with Crippen molar-refractivity contribution in [2.24, 2.45) is 0 Å². The number of carboxylic acid groups (broad SMARTS) is 1. The zero-order valence-corrected chi connectivity index (χ0v) is 11.8. The van der Waals surface area contributed by atoms with E-state index in [0.717, 1.165) is 25.3 Å². The van der Waals surface area contributed by atoms with E-state index >= 15 is 0 Å². The van der Waals surface area contributed by atoms with Gasteiger partial charge in [-0.3, -0.25) is 4.79 Å². The number of rotatable bonds is 4. The normalized spacial score (nSPS) is 16.4. The third kappa shape index (κ3) is 3.51. The van der Waals surface area contributed by atoms with Crippen molar-refractivity contribution in [2.75, 3.05) is 13.1 Å². The Kier molecular flexibility index (Phi) is 4.77. The average molecular weight is 295 g/mol. The monoisotopic (exact) mass is 295 g/mol. The summed E-state index contributed by atoms with van der Waals surface area (Å²) in [6, 6.07) is 3.65. The Labute approximate surface area is 122 Å². The summed E-state index contributed by atoms with van der Waals surface area (Å²) in [7, 11) is 0. The summed E-state index contributed by atoms with van der Waals surface area (Å²) >= 11 is 0. The van der Waals surface area contributed by atoms with Crippen LogP contribution in [0.2, 0.25) is 0 Å². The van der Waals surface area contributed by atoms with Gasteiger partial charge in [-0.05, 0) is 38.3 Å². The number of hydrogen-bond donors (Lipinski definition) is 1. The van der Waals surface area contributed by atoms with Gasteiger partial charge in [-0.1, -0.05) is 6.07 Å². The van der Waals surface area contributed by atoms with E-state index in [1.807, 2.05) is 0 Å². The predicted molar refractivity (Wildman–Crippen MR) is 73.9 cm³/mol. The quantitative estimate of drug-likeness (QED) is 0.925. The second-order valence-electron chi connectivity index (χ2n) is 5.07. The summed E-state index contributed by atoms with van der Waals surface area (Å²) in [4.78, 5) is 25.0. The van der Waals surface area contributed by atoms with Crippen LogP contribution in [0, 0.1) is 5.82 Å². The van der Waals surface area contributed by atoms with E-state index in [4.69, 9.17) is 9.84 Å². The third-order valence-corrected chi connectivity index (χ3v) is 3.51. The molecule has 0 aliphatic carbocycles. The molecule has 1 aliphatic heterocycles. The fraction of sp³-hybridized carbons (Fsp3) is 0.467. The molecule has 21 heavy (non-hydrogen) atoms. The van der Waals surface area contributed by atoms with Gasteiger partial charge in [0.1, 0.15) is 5.56 Å². The summed E-state index contributed by atoms with van der Waals surface area (Å²) in [6.45, 7) is 2.83. The highest BCUT2D eigenvalue weighted by atomic mass is 19.1. The van der Waals surface area contributed by atoms with E-state index in [1.165, 1.54) is 19.1 Å². The Balaban J connectivity index is 2.13. The van der Waals surface area contributed by atoms with Crippen LogP contribution >= 0.6 is 0 Å². The van der Waals surface area contributed by atoms with Crippen LogP contribution in [0.25, 0.3) is 0 Å². The van der Waals surface area contributed by atoms with Crippen molar-refractivity contribution < 1.29 is 23.8 Å². The summed E-state index contributed by atoms with van der Waals surface area (Å²) in [5, 5.41) is 9.05. The number of nitrogens with zero attached hydrogens (tertiary/aromatic N) is 1. The molecule has 1 N–H and O–H groups in total. The lowest BCUT2D eigenvalue weighted by Crippen LogP contribution is -2.43. The number of amides is 1. The number of halogens is 1. The zero-order valence-electron chi connectivity index (χ0n) is 11.8. The minimum absolute atomic E-state index is 0.241. The van der Waals surface area contributed by atoms with Crippen molar-refractivity contribution >= 4 is 11.9 Å². The van der Waals surface area contributed by atoms with Gasteiger partial charge in [0.25, 0.3) is 5.91 Å². The number of para-hydroxylation sites is 1. The molecule has 6 heteroatoms. The summed E-state index contributed by atoms with van der Waals surface area (Å²) < 4.78 is 19.1. The van der Waals surface area contributed by atoms with Crippen molar-refractivity contribution in [1.29, 1.82) is 0 Å². The first-order valence-corrected chi connectivity index (χ1v) is 6.98. The molecule has 114 valence electrons. The van der Waals surface area contributed by atoms with Crippen LogP contribution in [0.5, 0.6) is 5.75 Å². The Hall–Kier alpha value is -2.11. The van der Waals surface area contributed by atoms with Crippen molar-refractivity contribution in [2.45, 2.75) is 32.3 Å². The molecule has 1 unspecified atom stereocenters. The second kappa shape index (κ2) is 6.56. The molecule has 1 heterocycles. The maximum absolute atomic E-state index is 13.8. The van der Waals surface area contributed by atoms with Gasteiger partial charge >= 0.3 is 5.97 Å². The van der Waals surface area contributed by atoms with Gasteiger partial charge in [-0.15, -0.1) is 0 Å². The van der Waals surface area contributed by atoms with Crippen LogP contribution < -0.4 is 4.74 Å². The van der Waals surface area contributed by atoms with Gasteiger partial charge < -0.3 is 14.7 Å². The largest absolute Gasteiger partial charge is 0.478 e. The predicted octanol–water partition coefficient (Wildman–Crippen LogP) is 2.30. The van der Waals surface area contributed by atoms with E-state index in [0.29, 0.717) is 13.1 Å². The van der Waals surface area contributed by atoms with Gasteiger partial charge in [0.15, 0.2) is 17.7 Å². The second-order valence-corrected chi connectivity index (χ2v) is 5.07. The highest BCUT2D eigenvalue weighted by Gasteiger charge is 2.26. The maximum atomic E-state index is 13.8. The summed E-state index contributed by atoms with van der Waals surface area (Å²) in [6.07, 6.45) is 2.06. The van der Waals surface area contributed by atoms with Gasteiger partial charge in [-0.25, -0.2) is 9.18 Å². The van der Waals surface area contributed by atoms with Crippen LogP contribution in [-0.4, -0.2) is 41.1 Å². The number of benzene rings is 1. The fourth-order valence-corrected chi connectivity index (χ4v) is 2.40. The van der Waals surface area contributed by atoms with E-state index in [-0.39, 0.29) is 17.2 Å². The Morgan fingerprint density at radius 2 is 1.95 bits per heavy atom. The number of ether oxygens (including phenoxy) is 1. The van der Waals surface area contributed by atoms with Gasteiger partial charge in [0.05, 0.1) is 0 Å². The molecule has 0 bridgehead atoms. The van der Waals surface area contributed by atoms with Gasteiger partial charge in [-0.2, -0.15) is 0 Å². The molecule has 0 spiro atoms. The smallest absolute Gasteiger partial charge is 0.339 e. The number of carbonyl (C=O) groups excluding carboxylic acids is 1. The highest BCUT2D eigenvalue weighted by Crippen LogP contribution is 2.24. The lowest BCUT2D eigenvalue weighted by atomic mass is 10.1. The zero-order chi connectivity index (χ0) is 15.4. The van der Waals surface area contributed by atoms with E-state index in [1.54, 1.807) is 4.90 Å². The van der Waals surface area contributed by atoms with Crippen LogP contribution in [0.4, 0.5) is 4.39 Å². The number of aromatic carboxylic acids is 1. The molecule has 0 saturated carbocycles. The first-order valence-electron chi connectivity index (χ1n) is 6.98. The van der Waals surface area contributed by atoms with E-state index in [9.17, 15) is 14.0 Å². The average Bonchev–Trinajstić information content (AvgIpc) is 2.49. The van der Waals surface area contributed by atoms with Crippen LogP contribution in [0.15, 0.2) is 18.2 Å². The summed E-state index contributed by atoms with van der Waals surface area (Å²) in [5.41, 5.74) is -0.284. The molecule has 1 atom stereocenters. The maximum Gasteiger partial charge on any atom is 0.339 e. The van der Waals surface area contributed by atoms with Crippen molar-refractivity contribution in [1.82, 2.24) is 4.90 Å². The molecule has 1 saturated heterocycles. The molecule has 1 amide bonds. The number of piperidine rings is 1. The van der Waals surface area contributed by atoms with Crippen molar-refractivity contribution in [3.05, 3.63) is 29.6 Å².